The van der Waals surface area contributed by atoms with Crippen LogP contribution >= 0.6 is 22.6 Å². The molecule has 0 radical (unpaired) electrons. The summed E-state index contributed by atoms with van der Waals surface area (Å²) in [6.07, 6.45) is 4.40. The molecule has 0 spiro atoms. The average molecular weight is 438 g/mol. The van der Waals surface area contributed by atoms with Crippen molar-refractivity contribution in [2.24, 2.45) is 4.99 Å². The molecule has 0 atom stereocenters. The number of halogens is 2. The second-order valence-corrected chi connectivity index (χ2v) is 7.50. The standard InChI is InChI=1S/C19H20FIN2O/c1-12-7-19(24-17-9-14(20)8-15(21)10-17)13(2)6-18(12)22-11-23(3)16-4-5-16/h6-11,16H,4-5H2,1-3H3/b22-11+. The van der Waals surface area contributed by atoms with Crippen LogP contribution in [-0.2, 0) is 0 Å². The molecule has 0 N–H and O–H groups in total. The molecule has 1 fully saturated rings. The fraction of sp³-hybridized carbons (Fsp3) is 0.316. The normalized spacial score (nSPS) is 14.2. The van der Waals surface area contributed by atoms with E-state index in [1.807, 2.05) is 38.4 Å². The predicted molar refractivity (Wildman–Crippen MR) is 104 cm³/mol. The first-order valence-corrected chi connectivity index (χ1v) is 9.01. The van der Waals surface area contributed by atoms with E-state index in [1.165, 1.54) is 25.0 Å². The van der Waals surface area contributed by atoms with Crippen molar-refractivity contribution in [3.8, 4) is 11.5 Å². The van der Waals surface area contributed by atoms with Crippen LogP contribution in [0, 0.1) is 23.2 Å². The van der Waals surface area contributed by atoms with Crippen LogP contribution in [0.4, 0.5) is 10.1 Å². The Bertz CT molecular complexity index is 767. The average Bonchev–Trinajstić information content (AvgIpc) is 3.32. The molecule has 3 rings (SSSR count). The SMILES string of the molecule is Cc1cc(Oc2cc(F)cc(I)c2)c(C)cc1/N=C/N(C)C1CC1. The molecule has 2 aromatic carbocycles. The summed E-state index contributed by atoms with van der Waals surface area (Å²) in [5.41, 5.74) is 2.93. The zero-order chi connectivity index (χ0) is 17.3. The van der Waals surface area contributed by atoms with Gasteiger partial charge in [-0.1, -0.05) is 0 Å². The van der Waals surface area contributed by atoms with E-state index in [4.69, 9.17) is 4.74 Å². The maximum Gasteiger partial charge on any atom is 0.131 e. The van der Waals surface area contributed by atoms with Gasteiger partial charge < -0.3 is 9.64 Å². The van der Waals surface area contributed by atoms with E-state index in [9.17, 15) is 4.39 Å². The first kappa shape index (κ1) is 17.2. The highest BCUT2D eigenvalue weighted by Gasteiger charge is 2.24. The predicted octanol–water partition coefficient (Wildman–Crippen LogP) is 5.59. The first-order valence-electron chi connectivity index (χ1n) is 7.93. The zero-order valence-electron chi connectivity index (χ0n) is 14.0. The molecule has 0 aromatic heterocycles. The Labute approximate surface area is 155 Å². The molecule has 3 nitrogen and oxygen atoms in total. The Balaban J connectivity index is 1.81. The second-order valence-electron chi connectivity index (χ2n) is 6.25. The topological polar surface area (TPSA) is 24.8 Å². The lowest BCUT2D eigenvalue weighted by Gasteiger charge is -2.13. The maximum absolute atomic E-state index is 13.5. The molecule has 0 aliphatic heterocycles. The van der Waals surface area contributed by atoms with E-state index in [0.29, 0.717) is 11.8 Å². The molecule has 5 heteroatoms. The molecule has 2 aromatic rings. The van der Waals surface area contributed by atoms with Crippen molar-refractivity contribution in [2.45, 2.75) is 32.7 Å². The highest BCUT2D eigenvalue weighted by molar-refractivity contribution is 14.1. The maximum atomic E-state index is 13.5. The minimum Gasteiger partial charge on any atom is -0.457 e. The number of nitrogens with zero attached hydrogens (tertiary/aromatic N) is 2. The van der Waals surface area contributed by atoms with Crippen molar-refractivity contribution < 1.29 is 9.13 Å². The second kappa shape index (κ2) is 7.09. The lowest BCUT2D eigenvalue weighted by molar-refractivity contribution is 0.472. The molecule has 126 valence electrons. The Morgan fingerprint density at radius 2 is 1.92 bits per heavy atom. The largest absolute Gasteiger partial charge is 0.457 e. The fourth-order valence-corrected chi connectivity index (χ4v) is 3.07. The van der Waals surface area contributed by atoms with Crippen molar-refractivity contribution >= 4 is 34.6 Å². The van der Waals surface area contributed by atoms with Gasteiger partial charge in [0.25, 0.3) is 0 Å². The van der Waals surface area contributed by atoms with Crippen LogP contribution < -0.4 is 4.74 Å². The minimum atomic E-state index is -0.296. The number of ether oxygens (including phenoxy) is 1. The third kappa shape index (κ3) is 4.26. The number of benzene rings is 2. The molecular formula is C19H20FIN2O. The Kier molecular flexibility index (Phi) is 5.08. The molecule has 0 bridgehead atoms. The quantitative estimate of drug-likeness (QED) is 0.345. The number of hydrogen-bond acceptors (Lipinski definition) is 2. The van der Waals surface area contributed by atoms with E-state index >= 15 is 0 Å². The number of rotatable bonds is 5. The molecule has 0 unspecified atom stereocenters. The van der Waals surface area contributed by atoms with Gasteiger partial charge >= 0.3 is 0 Å². The third-order valence-electron chi connectivity index (χ3n) is 4.06. The van der Waals surface area contributed by atoms with E-state index < -0.39 is 0 Å². The van der Waals surface area contributed by atoms with Gasteiger partial charge in [-0.15, -0.1) is 0 Å². The van der Waals surface area contributed by atoms with E-state index in [-0.39, 0.29) is 5.82 Å². The van der Waals surface area contributed by atoms with Crippen molar-refractivity contribution in [2.75, 3.05) is 7.05 Å². The van der Waals surface area contributed by atoms with E-state index in [1.54, 1.807) is 0 Å². The molecule has 1 aliphatic carbocycles. The van der Waals surface area contributed by atoms with Crippen LogP contribution in [0.3, 0.4) is 0 Å². The zero-order valence-corrected chi connectivity index (χ0v) is 16.2. The highest BCUT2D eigenvalue weighted by Crippen LogP contribution is 2.32. The lowest BCUT2D eigenvalue weighted by Crippen LogP contribution is -2.17. The van der Waals surface area contributed by atoms with Crippen LogP contribution in [0.25, 0.3) is 0 Å². The van der Waals surface area contributed by atoms with Crippen LogP contribution in [0.5, 0.6) is 11.5 Å². The Morgan fingerprint density at radius 1 is 1.17 bits per heavy atom. The van der Waals surface area contributed by atoms with Gasteiger partial charge in [0, 0.05) is 22.7 Å². The van der Waals surface area contributed by atoms with Gasteiger partial charge in [0.1, 0.15) is 17.3 Å². The van der Waals surface area contributed by atoms with Crippen molar-refractivity contribution in [3.63, 3.8) is 0 Å². The van der Waals surface area contributed by atoms with Crippen molar-refractivity contribution in [3.05, 3.63) is 50.8 Å². The first-order chi connectivity index (χ1) is 11.4. The molecular weight excluding hydrogens is 418 g/mol. The summed E-state index contributed by atoms with van der Waals surface area (Å²) in [4.78, 5) is 6.75. The van der Waals surface area contributed by atoms with Gasteiger partial charge in [-0.05, 0) is 84.7 Å². The fourth-order valence-electron chi connectivity index (χ4n) is 2.47. The van der Waals surface area contributed by atoms with E-state index in [2.05, 4.69) is 39.5 Å². The van der Waals surface area contributed by atoms with Crippen LogP contribution in [0.2, 0.25) is 0 Å². The summed E-state index contributed by atoms with van der Waals surface area (Å²) in [6, 6.07) is 9.29. The summed E-state index contributed by atoms with van der Waals surface area (Å²) in [5.74, 6) is 0.936. The Hall–Kier alpha value is -1.63. The molecule has 1 saturated carbocycles. The summed E-state index contributed by atoms with van der Waals surface area (Å²) in [6.45, 7) is 3.98. The van der Waals surface area contributed by atoms with Gasteiger partial charge in [0.15, 0.2) is 0 Å². The monoisotopic (exact) mass is 438 g/mol. The molecule has 1 aliphatic rings. The summed E-state index contributed by atoms with van der Waals surface area (Å²) >= 11 is 2.08. The van der Waals surface area contributed by atoms with Gasteiger partial charge in [0.2, 0.25) is 0 Å². The molecule has 0 amide bonds. The Morgan fingerprint density at radius 3 is 2.58 bits per heavy atom. The summed E-state index contributed by atoms with van der Waals surface area (Å²) in [7, 11) is 2.06. The van der Waals surface area contributed by atoms with Crippen molar-refractivity contribution in [1.29, 1.82) is 0 Å². The number of aliphatic imine (C=N–C) groups is 1. The smallest absolute Gasteiger partial charge is 0.131 e. The third-order valence-corrected chi connectivity index (χ3v) is 4.68. The highest BCUT2D eigenvalue weighted by atomic mass is 127. The lowest BCUT2D eigenvalue weighted by atomic mass is 10.1. The van der Waals surface area contributed by atoms with Gasteiger partial charge in [-0.3, -0.25) is 0 Å². The van der Waals surface area contributed by atoms with Crippen LogP contribution in [0.1, 0.15) is 24.0 Å². The number of aryl methyl sites for hydroxylation is 2. The van der Waals surface area contributed by atoms with E-state index in [0.717, 1.165) is 26.1 Å². The van der Waals surface area contributed by atoms with Crippen LogP contribution in [-0.4, -0.2) is 24.3 Å². The van der Waals surface area contributed by atoms with Crippen LogP contribution in [0.15, 0.2) is 35.3 Å². The number of hydrogen-bond donors (Lipinski definition) is 0. The van der Waals surface area contributed by atoms with Gasteiger partial charge in [0.05, 0.1) is 12.0 Å². The molecule has 24 heavy (non-hydrogen) atoms. The summed E-state index contributed by atoms with van der Waals surface area (Å²) < 4.78 is 20.2. The summed E-state index contributed by atoms with van der Waals surface area (Å²) in [5, 5.41) is 0. The van der Waals surface area contributed by atoms with Crippen molar-refractivity contribution in [1.82, 2.24) is 4.90 Å². The van der Waals surface area contributed by atoms with Gasteiger partial charge in [-0.2, -0.15) is 0 Å². The van der Waals surface area contributed by atoms with Gasteiger partial charge in [-0.25, -0.2) is 9.38 Å². The molecule has 0 heterocycles. The minimum absolute atomic E-state index is 0.296. The molecule has 0 saturated heterocycles.